The minimum atomic E-state index is -1.35. The second-order valence-electron chi connectivity index (χ2n) is 5.06. The first-order chi connectivity index (χ1) is 10.9. The molecule has 23 heavy (non-hydrogen) atoms. The highest BCUT2D eigenvalue weighted by atomic mass is 19.1. The molecule has 0 saturated heterocycles. The summed E-state index contributed by atoms with van der Waals surface area (Å²) in [4.78, 5) is 27.6. The summed E-state index contributed by atoms with van der Waals surface area (Å²) in [5.74, 6) is -2.05. The molecule has 0 saturated carbocycles. The zero-order valence-corrected chi connectivity index (χ0v) is 12.4. The van der Waals surface area contributed by atoms with Crippen LogP contribution in [0.5, 0.6) is 0 Å². The van der Waals surface area contributed by atoms with E-state index in [-0.39, 0.29) is 16.7 Å². The van der Waals surface area contributed by atoms with E-state index in [0.717, 1.165) is 6.07 Å². The van der Waals surface area contributed by atoms with Crippen LogP contribution in [0.4, 0.5) is 4.39 Å². The fourth-order valence-electron chi connectivity index (χ4n) is 2.43. The number of carbonyl (C=O) groups is 1. The molecule has 0 radical (unpaired) electrons. The van der Waals surface area contributed by atoms with E-state index >= 15 is 0 Å². The number of hydrogen-bond donors (Lipinski definition) is 1. The van der Waals surface area contributed by atoms with E-state index in [1.165, 1.54) is 21.6 Å². The lowest BCUT2D eigenvalue weighted by molar-refractivity contribution is 0.0695. The van der Waals surface area contributed by atoms with Gasteiger partial charge in [-0.05, 0) is 13.0 Å². The molecule has 3 heterocycles. The van der Waals surface area contributed by atoms with Crippen LogP contribution in [0.25, 0.3) is 22.3 Å². The molecule has 0 atom stereocenters. The Bertz CT molecular complexity index is 990. The predicted octanol–water partition coefficient (Wildman–Crippen LogP) is 1.65. The molecule has 0 unspecified atom stereocenters. The number of nitrogens with zero attached hydrogens (tertiary/aromatic N) is 4. The molecule has 0 aliphatic carbocycles. The Balaban J connectivity index is 2.38. The average molecular weight is 316 g/mol. The van der Waals surface area contributed by atoms with Crippen LogP contribution in [-0.4, -0.2) is 30.4 Å². The maximum absolute atomic E-state index is 14.4. The zero-order chi connectivity index (χ0) is 16.7. The Hall–Kier alpha value is -3.03. The predicted molar refractivity (Wildman–Crippen MR) is 80.8 cm³/mol. The molecule has 0 aliphatic rings. The average Bonchev–Trinajstić information content (AvgIpc) is 2.93. The van der Waals surface area contributed by atoms with Gasteiger partial charge in [0.15, 0.2) is 0 Å². The maximum Gasteiger partial charge on any atom is 0.341 e. The molecule has 1 N–H and O–H groups in total. The fourth-order valence-corrected chi connectivity index (χ4v) is 2.43. The number of carboxylic acids is 1. The third-order valence-electron chi connectivity index (χ3n) is 3.55. The molecular formula is C15H13FN4O3. The van der Waals surface area contributed by atoms with Crippen LogP contribution in [0.15, 0.2) is 29.5 Å². The summed E-state index contributed by atoms with van der Waals surface area (Å²) in [6.45, 7) is 2.17. The minimum Gasteiger partial charge on any atom is -0.477 e. The van der Waals surface area contributed by atoms with Crippen molar-refractivity contribution < 1.29 is 14.3 Å². The number of aromatic carboxylic acids is 1. The summed E-state index contributed by atoms with van der Waals surface area (Å²) in [6.07, 6.45) is 4.31. The molecule has 0 aromatic carbocycles. The highest BCUT2D eigenvalue weighted by Crippen LogP contribution is 2.23. The molecule has 3 rings (SSSR count). The summed E-state index contributed by atoms with van der Waals surface area (Å²) in [5.41, 5.74) is -0.377. The fraction of sp³-hybridized carbons (Fsp3) is 0.200. The number of pyridine rings is 2. The number of carboxylic acid groups (broad SMARTS) is 1. The SMILES string of the molecule is CCn1cc(C(=O)O)c(=O)c2cc(F)c(-c3cnn(C)c3)nc21. The Kier molecular flexibility index (Phi) is 3.44. The van der Waals surface area contributed by atoms with E-state index < -0.39 is 22.8 Å². The van der Waals surface area contributed by atoms with Crippen molar-refractivity contribution in [1.29, 1.82) is 0 Å². The van der Waals surface area contributed by atoms with Crippen molar-refractivity contribution >= 4 is 17.0 Å². The Labute approximate surface area is 129 Å². The van der Waals surface area contributed by atoms with E-state index in [2.05, 4.69) is 10.1 Å². The standard InChI is InChI=1S/C15H13FN4O3/c1-3-20-7-10(15(22)23)13(21)9-4-11(16)12(18-14(9)20)8-5-17-19(2)6-8/h4-7H,3H2,1-2H3,(H,22,23). The Morgan fingerprint density at radius 3 is 2.70 bits per heavy atom. The van der Waals surface area contributed by atoms with Crippen LogP contribution in [0, 0.1) is 5.82 Å². The van der Waals surface area contributed by atoms with Gasteiger partial charge in [0.25, 0.3) is 0 Å². The van der Waals surface area contributed by atoms with E-state index in [1.54, 1.807) is 20.2 Å². The molecule has 118 valence electrons. The molecule has 3 aromatic heterocycles. The van der Waals surface area contributed by atoms with E-state index in [9.17, 15) is 14.0 Å². The highest BCUT2D eigenvalue weighted by molar-refractivity contribution is 5.92. The number of aromatic nitrogens is 4. The molecular weight excluding hydrogens is 303 g/mol. The van der Waals surface area contributed by atoms with Crippen LogP contribution in [-0.2, 0) is 13.6 Å². The van der Waals surface area contributed by atoms with Crippen LogP contribution in [0.3, 0.4) is 0 Å². The number of hydrogen-bond acceptors (Lipinski definition) is 4. The topological polar surface area (TPSA) is 90.0 Å². The van der Waals surface area contributed by atoms with Gasteiger partial charge >= 0.3 is 5.97 Å². The first-order valence-corrected chi connectivity index (χ1v) is 6.88. The molecule has 0 fully saturated rings. The Morgan fingerprint density at radius 2 is 2.13 bits per heavy atom. The van der Waals surface area contributed by atoms with Crippen molar-refractivity contribution in [1.82, 2.24) is 19.3 Å². The van der Waals surface area contributed by atoms with Gasteiger partial charge in [-0.15, -0.1) is 0 Å². The lowest BCUT2D eigenvalue weighted by atomic mass is 10.1. The smallest absolute Gasteiger partial charge is 0.341 e. The second kappa shape index (κ2) is 5.31. The van der Waals surface area contributed by atoms with E-state index in [4.69, 9.17) is 5.11 Å². The van der Waals surface area contributed by atoms with Crippen LogP contribution < -0.4 is 5.43 Å². The van der Waals surface area contributed by atoms with E-state index in [0.29, 0.717) is 12.1 Å². The van der Waals surface area contributed by atoms with Gasteiger partial charge in [-0.25, -0.2) is 14.2 Å². The van der Waals surface area contributed by atoms with Gasteiger partial charge in [0.05, 0.1) is 11.6 Å². The van der Waals surface area contributed by atoms with Gasteiger partial charge in [-0.1, -0.05) is 0 Å². The van der Waals surface area contributed by atoms with Crippen molar-refractivity contribution in [3.05, 3.63) is 46.3 Å². The monoisotopic (exact) mass is 316 g/mol. The molecule has 3 aromatic rings. The van der Waals surface area contributed by atoms with Crippen molar-refractivity contribution in [3.8, 4) is 11.3 Å². The minimum absolute atomic E-state index is 0.0584. The number of fused-ring (bicyclic) bond motifs is 1. The number of rotatable bonds is 3. The zero-order valence-electron chi connectivity index (χ0n) is 12.4. The summed E-state index contributed by atoms with van der Waals surface area (Å²) in [6, 6.07) is 1.03. The largest absolute Gasteiger partial charge is 0.477 e. The third-order valence-corrected chi connectivity index (χ3v) is 3.55. The van der Waals surface area contributed by atoms with Gasteiger partial charge in [0, 0.05) is 31.5 Å². The molecule has 0 aliphatic heterocycles. The summed E-state index contributed by atoms with van der Waals surface area (Å²) >= 11 is 0. The lowest BCUT2D eigenvalue weighted by Gasteiger charge is -2.10. The van der Waals surface area contributed by atoms with Gasteiger partial charge in [-0.3, -0.25) is 9.48 Å². The second-order valence-corrected chi connectivity index (χ2v) is 5.06. The van der Waals surface area contributed by atoms with Gasteiger partial charge < -0.3 is 9.67 Å². The summed E-state index contributed by atoms with van der Waals surface area (Å²) in [5, 5.41) is 13.0. The van der Waals surface area contributed by atoms with Crippen LogP contribution in [0.2, 0.25) is 0 Å². The summed E-state index contributed by atoms with van der Waals surface area (Å²) in [7, 11) is 1.70. The highest BCUT2D eigenvalue weighted by Gasteiger charge is 2.18. The van der Waals surface area contributed by atoms with E-state index in [1.807, 2.05) is 0 Å². The Morgan fingerprint density at radius 1 is 1.39 bits per heavy atom. The molecule has 0 bridgehead atoms. The van der Waals surface area contributed by atoms with Crippen LogP contribution >= 0.6 is 0 Å². The number of halogens is 1. The molecule has 8 heteroatoms. The first kappa shape index (κ1) is 14.9. The quantitative estimate of drug-likeness (QED) is 0.793. The molecule has 7 nitrogen and oxygen atoms in total. The third kappa shape index (κ3) is 2.37. The van der Waals surface area contributed by atoms with Crippen molar-refractivity contribution in [2.24, 2.45) is 7.05 Å². The first-order valence-electron chi connectivity index (χ1n) is 6.88. The number of aryl methyl sites for hydroxylation is 2. The van der Waals surface area contributed by atoms with Gasteiger partial charge in [-0.2, -0.15) is 5.10 Å². The van der Waals surface area contributed by atoms with Crippen molar-refractivity contribution in [2.75, 3.05) is 0 Å². The van der Waals surface area contributed by atoms with Gasteiger partial charge in [0.1, 0.15) is 22.7 Å². The van der Waals surface area contributed by atoms with Crippen molar-refractivity contribution in [2.45, 2.75) is 13.5 Å². The van der Waals surface area contributed by atoms with Gasteiger partial charge in [0.2, 0.25) is 5.43 Å². The molecule has 0 spiro atoms. The normalized spacial score (nSPS) is 11.1. The lowest BCUT2D eigenvalue weighted by Crippen LogP contribution is -2.19. The maximum atomic E-state index is 14.4. The van der Waals surface area contributed by atoms with Crippen molar-refractivity contribution in [3.63, 3.8) is 0 Å². The molecule has 0 amide bonds. The summed E-state index contributed by atoms with van der Waals surface area (Å²) < 4.78 is 17.4. The van der Waals surface area contributed by atoms with Crippen LogP contribution in [0.1, 0.15) is 17.3 Å².